The number of pyridine rings is 1. The van der Waals surface area contributed by atoms with Crippen LogP contribution in [-0.2, 0) is 6.18 Å². The molecule has 0 fully saturated rings. The fourth-order valence-corrected chi connectivity index (χ4v) is 2.18. The number of nitrogen functional groups attached to an aromatic ring is 1. The van der Waals surface area contributed by atoms with Crippen molar-refractivity contribution in [2.24, 2.45) is 0 Å². The predicted octanol–water partition coefficient (Wildman–Crippen LogP) is 4.40. The van der Waals surface area contributed by atoms with Gasteiger partial charge in [0.15, 0.2) is 5.76 Å². The predicted molar refractivity (Wildman–Crippen MR) is 73.6 cm³/mol. The molecule has 21 heavy (non-hydrogen) atoms. The summed E-state index contributed by atoms with van der Waals surface area (Å²) in [5.74, 6) is 0.0640. The Bertz CT molecular complexity index is 821. The maximum atomic E-state index is 12.8. The molecule has 0 unspecified atom stereocenters. The zero-order chi connectivity index (χ0) is 15.2. The van der Waals surface area contributed by atoms with Crippen LogP contribution in [0.4, 0.5) is 19.0 Å². The molecule has 6 heteroatoms. The van der Waals surface area contributed by atoms with Crippen LogP contribution in [0.1, 0.15) is 11.1 Å². The molecule has 0 aliphatic carbocycles. The van der Waals surface area contributed by atoms with Crippen LogP contribution in [0, 0.1) is 6.92 Å². The van der Waals surface area contributed by atoms with Gasteiger partial charge in [-0.1, -0.05) is 18.2 Å². The van der Waals surface area contributed by atoms with E-state index in [0.29, 0.717) is 5.58 Å². The van der Waals surface area contributed by atoms with Gasteiger partial charge in [-0.05, 0) is 30.7 Å². The average Bonchev–Trinajstić information content (AvgIpc) is 2.82. The zero-order valence-electron chi connectivity index (χ0n) is 11.0. The second-order valence-corrected chi connectivity index (χ2v) is 4.77. The number of rotatable bonds is 1. The fourth-order valence-electron chi connectivity index (χ4n) is 2.18. The summed E-state index contributed by atoms with van der Waals surface area (Å²) in [6.07, 6.45) is -4.48. The molecule has 1 aromatic carbocycles. The van der Waals surface area contributed by atoms with E-state index in [0.717, 1.165) is 23.1 Å². The van der Waals surface area contributed by atoms with Crippen LogP contribution in [0.15, 0.2) is 40.8 Å². The van der Waals surface area contributed by atoms with Crippen molar-refractivity contribution < 1.29 is 17.6 Å². The highest BCUT2D eigenvalue weighted by Crippen LogP contribution is 2.34. The highest BCUT2D eigenvalue weighted by molar-refractivity contribution is 5.84. The summed E-state index contributed by atoms with van der Waals surface area (Å²) in [7, 11) is 0. The smallest absolute Gasteiger partial charge is 0.416 e. The molecule has 0 spiro atoms. The molecule has 0 atom stereocenters. The van der Waals surface area contributed by atoms with Crippen molar-refractivity contribution in [2.45, 2.75) is 13.1 Å². The standard InChI is InChI=1S/C15H11F3N2O/c1-8-3-2-4-9-5-12(21-14(8)9)11-6-10(15(16,17)18)7-13(19)20-11/h2-7H,1H3,(H2,19,20). The zero-order valence-corrected chi connectivity index (χ0v) is 11.0. The van der Waals surface area contributed by atoms with E-state index in [-0.39, 0.29) is 17.3 Å². The Morgan fingerprint density at radius 3 is 2.57 bits per heavy atom. The number of anilines is 1. The molecule has 0 saturated carbocycles. The molecule has 0 saturated heterocycles. The molecule has 0 aliphatic heterocycles. The molecule has 3 aromatic rings. The number of furan rings is 1. The Morgan fingerprint density at radius 2 is 1.90 bits per heavy atom. The van der Waals surface area contributed by atoms with Gasteiger partial charge in [0, 0.05) is 5.39 Å². The first-order valence-corrected chi connectivity index (χ1v) is 6.19. The van der Waals surface area contributed by atoms with Gasteiger partial charge >= 0.3 is 6.18 Å². The number of alkyl halides is 3. The van der Waals surface area contributed by atoms with E-state index in [4.69, 9.17) is 10.2 Å². The van der Waals surface area contributed by atoms with Crippen LogP contribution in [0.25, 0.3) is 22.4 Å². The molecule has 0 aliphatic rings. The van der Waals surface area contributed by atoms with Gasteiger partial charge in [0.1, 0.15) is 17.1 Å². The van der Waals surface area contributed by atoms with Crippen LogP contribution < -0.4 is 5.73 Å². The lowest BCUT2D eigenvalue weighted by atomic mass is 10.1. The summed E-state index contributed by atoms with van der Waals surface area (Å²) in [6, 6.07) is 8.94. The number of nitrogens with two attached hydrogens (primary N) is 1. The van der Waals surface area contributed by atoms with Crippen molar-refractivity contribution in [1.82, 2.24) is 4.98 Å². The van der Waals surface area contributed by atoms with E-state index in [1.165, 1.54) is 0 Å². The summed E-state index contributed by atoms with van der Waals surface area (Å²) in [5.41, 5.74) is 6.22. The highest BCUT2D eigenvalue weighted by atomic mass is 19.4. The Balaban J connectivity index is 2.18. The van der Waals surface area contributed by atoms with E-state index >= 15 is 0 Å². The summed E-state index contributed by atoms with van der Waals surface area (Å²) in [5, 5.41) is 0.808. The highest BCUT2D eigenvalue weighted by Gasteiger charge is 2.31. The lowest BCUT2D eigenvalue weighted by Gasteiger charge is -2.08. The van der Waals surface area contributed by atoms with Crippen molar-refractivity contribution in [2.75, 3.05) is 5.73 Å². The van der Waals surface area contributed by atoms with E-state index < -0.39 is 11.7 Å². The van der Waals surface area contributed by atoms with Crippen molar-refractivity contribution >= 4 is 16.8 Å². The molecular weight excluding hydrogens is 281 g/mol. The van der Waals surface area contributed by atoms with Crippen molar-refractivity contribution in [3.8, 4) is 11.5 Å². The summed E-state index contributed by atoms with van der Waals surface area (Å²) in [4.78, 5) is 3.93. The van der Waals surface area contributed by atoms with Crippen LogP contribution in [0.3, 0.4) is 0 Å². The molecule has 3 nitrogen and oxygen atoms in total. The lowest BCUT2D eigenvalue weighted by molar-refractivity contribution is -0.137. The van der Waals surface area contributed by atoms with E-state index in [9.17, 15) is 13.2 Å². The molecular formula is C15H11F3N2O. The van der Waals surface area contributed by atoms with Gasteiger partial charge < -0.3 is 10.2 Å². The minimum absolute atomic E-state index is 0.0675. The van der Waals surface area contributed by atoms with E-state index in [1.807, 2.05) is 25.1 Å². The third-order valence-corrected chi connectivity index (χ3v) is 3.17. The number of aryl methyl sites for hydroxylation is 1. The lowest BCUT2D eigenvalue weighted by Crippen LogP contribution is -2.07. The quantitative estimate of drug-likeness (QED) is 0.723. The first-order valence-electron chi connectivity index (χ1n) is 6.19. The molecule has 2 aromatic heterocycles. The van der Waals surface area contributed by atoms with Gasteiger partial charge in [-0.25, -0.2) is 4.98 Å². The Morgan fingerprint density at radius 1 is 1.14 bits per heavy atom. The van der Waals surface area contributed by atoms with Crippen LogP contribution >= 0.6 is 0 Å². The van der Waals surface area contributed by atoms with Gasteiger partial charge in [0.05, 0.1) is 5.56 Å². The minimum Gasteiger partial charge on any atom is -0.454 e. The average molecular weight is 292 g/mol. The molecule has 0 amide bonds. The number of aromatic nitrogens is 1. The van der Waals surface area contributed by atoms with Crippen molar-refractivity contribution in [3.05, 3.63) is 47.5 Å². The number of hydrogen-bond donors (Lipinski definition) is 1. The fraction of sp³-hybridized carbons (Fsp3) is 0.133. The van der Waals surface area contributed by atoms with Gasteiger partial charge in [-0.2, -0.15) is 13.2 Å². The Kier molecular flexibility index (Phi) is 2.90. The van der Waals surface area contributed by atoms with Crippen LogP contribution in [-0.4, -0.2) is 4.98 Å². The number of para-hydroxylation sites is 1. The summed E-state index contributed by atoms with van der Waals surface area (Å²) >= 11 is 0. The summed E-state index contributed by atoms with van der Waals surface area (Å²) in [6.45, 7) is 1.86. The second-order valence-electron chi connectivity index (χ2n) is 4.77. The maximum absolute atomic E-state index is 12.8. The SMILES string of the molecule is Cc1cccc2cc(-c3cc(C(F)(F)F)cc(N)n3)oc12. The number of hydrogen-bond acceptors (Lipinski definition) is 3. The van der Waals surface area contributed by atoms with Crippen LogP contribution in [0.5, 0.6) is 0 Å². The Labute approximate surface area is 118 Å². The number of benzene rings is 1. The normalized spacial score (nSPS) is 12.0. The Hall–Kier alpha value is -2.50. The van der Waals surface area contributed by atoms with Gasteiger partial charge in [-0.3, -0.25) is 0 Å². The van der Waals surface area contributed by atoms with Crippen molar-refractivity contribution in [3.63, 3.8) is 0 Å². The molecule has 0 bridgehead atoms. The molecule has 108 valence electrons. The third kappa shape index (κ3) is 2.44. The molecule has 0 radical (unpaired) electrons. The minimum atomic E-state index is -4.48. The first-order chi connectivity index (χ1) is 9.84. The topological polar surface area (TPSA) is 52.0 Å². The monoisotopic (exact) mass is 292 g/mol. The van der Waals surface area contributed by atoms with Gasteiger partial charge in [0.25, 0.3) is 0 Å². The van der Waals surface area contributed by atoms with Gasteiger partial charge in [-0.15, -0.1) is 0 Å². The van der Waals surface area contributed by atoms with E-state index in [1.54, 1.807) is 6.07 Å². The first kappa shape index (κ1) is 13.5. The number of nitrogens with zero attached hydrogens (tertiary/aromatic N) is 1. The third-order valence-electron chi connectivity index (χ3n) is 3.17. The molecule has 2 N–H and O–H groups in total. The van der Waals surface area contributed by atoms with Crippen molar-refractivity contribution in [1.29, 1.82) is 0 Å². The maximum Gasteiger partial charge on any atom is 0.416 e. The van der Waals surface area contributed by atoms with E-state index in [2.05, 4.69) is 4.98 Å². The largest absolute Gasteiger partial charge is 0.454 e. The number of fused-ring (bicyclic) bond motifs is 1. The number of halogens is 3. The van der Waals surface area contributed by atoms with Crippen LogP contribution in [0.2, 0.25) is 0 Å². The molecule has 2 heterocycles. The second kappa shape index (κ2) is 4.51. The summed E-state index contributed by atoms with van der Waals surface area (Å²) < 4.78 is 44.1. The molecule has 3 rings (SSSR count). The van der Waals surface area contributed by atoms with Gasteiger partial charge in [0.2, 0.25) is 0 Å².